The fourth-order valence-electron chi connectivity index (χ4n) is 15.3. The van der Waals surface area contributed by atoms with E-state index in [1.54, 1.807) is 0 Å². The van der Waals surface area contributed by atoms with E-state index < -0.39 is 0 Å². The summed E-state index contributed by atoms with van der Waals surface area (Å²) in [6.07, 6.45) is 0. The first-order valence-electron chi connectivity index (χ1n) is 30.2. The molecule has 0 atom stereocenters. The van der Waals surface area contributed by atoms with Crippen LogP contribution in [0.2, 0.25) is 0 Å². The van der Waals surface area contributed by atoms with Crippen molar-refractivity contribution in [3.05, 3.63) is 313 Å². The number of aromatic nitrogens is 2. The first-order chi connectivity index (χ1) is 42.2. The Morgan fingerprint density at radius 2 is 0.500 bits per heavy atom. The van der Waals surface area contributed by atoms with Crippen LogP contribution >= 0.6 is 0 Å². The van der Waals surface area contributed by atoms with Crippen LogP contribution in [-0.4, -0.2) is 9.13 Å². The zero-order chi connectivity index (χ0) is 57.4. The normalized spacial score (nSPS) is 13.5. The van der Waals surface area contributed by atoms with Crippen LogP contribution in [0.25, 0.3) is 144 Å². The van der Waals surface area contributed by atoms with Gasteiger partial charge in [-0.3, -0.25) is 0 Å². The molecule has 0 fully saturated rings. The average molecular weight is 1100 g/mol. The van der Waals surface area contributed by atoms with Crippen molar-refractivity contribution in [2.24, 2.45) is 0 Å². The molecule has 2 heteroatoms. The summed E-state index contributed by atoms with van der Waals surface area (Å²) in [7, 11) is 0. The molecule has 2 aliphatic rings. The topological polar surface area (TPSA) is 9.86 Å². The molecule has 0 radical (unpaired) electrons. The molecular weight excluding hydrogens is 1040 g/mol. The van der Waals surface area contributed by atoms with E-state index in [0.717, 1.165) is 33.5 Å². The second-order valence-corrected chi connectivity index (χ2v) is 24.7. The molecule has 17 rings (SSSR count). The summed E-state index contributed by atoms with van der Waals surface area (Å²) in [5.74, 6) is 0. The largest absolute Gasteiger partial charge is 0.309 e. The number of hydrogen-bond acceptors (Lipinski definition) is 0. The van der Waals surface area contributed by atoms with Crippen LogP contribution in [0.5, 0.6) is 0 Å². The Morgan fingerprint density at radius 1 is 0.221 bits per heavy atom. The van der Waals surface area contributed by atoms with E-state index in [2.05, 4.69) is 328 Å². The highest BCUT2D eigenvalue weighted by Crippen LogP contribution is 2.55. The van der Waals surface area contributed by atoms with Crippen molar-refractivity contribution >= 4 is 43.4 Å². The molecular formula is C84H60N2. The van der Waals surface area contributed by atoms with E-state index in [4.69, 9.17) is 0 Å². The molecule has 0 saturated heterocycles. The minimum Gasteiger partial charge on any atom is -0.309 e. The van der Waals surface area contributed by atoms with Crippen molar-refractivity contribution in [2.75, 3.05) is 0 Å². The van der Waals surface area contributed by atoms with Gasteiger partial charge in [0.05, 0.1) is 22.4 Å². The van der Waals surface area contributed by atoms with Gasteiger partial charge in [0.1, 0.15) is 0 Å². The highest BCUT2D eigenvalue weighted by molar-refractivity contribution is 6.27. The molecule has 2 aromatic heterocycles. The van der Waals surface area contributed by atoms with Gasteiger partial charge in [0.15, 0.2) is 0 Å². The smallest absolute Gasteiger partial charge is 0.0619 e. The van der Waals surface area contributed by atoms with Crippen molar-refractivity contribution < 1.29 is 0 Å². The monoisotopic (exact) mass is 1100 g/mol. The highest BCUT2D eigenvalue weighted by atomic mass is 15.0. The Bertz CT molecular complexity index is 4890. The summed E-state index contributed by atoms with van der Waals surface area (Å²) in [5, 5.41) is 7.21. The molecule has 0 unspecified atom stereocenters. The van der Waals surface area contributed by atoms with E-state index in [1.807, 2.05) is 0 Å². The fraction of sp³-hybridized carbons (Fsp3) is 0.0714. The van der Waals surface area contributed by atoms with Gasteiger partial charge >= 0.3 is 0 Å². The molecule has 2 aliphatic carbocycles. The molecule has 2 heterocycles. The van der Waals surface area contributed by atoms with E-state index in [9.17, 15) is 0 Å². The maximum absolute atomic E-state index is 2.59. The minimum atomic E-state index is -0.191. The van der Waals surface area contributed by atoms with E-state index in [0.29, 0.717) is 0 Å². The van der Waals surface area contributed by atoms with E-state index in [-0.39, 0.29) is 10.8 Å². The number of rotatable bonds is 8. The van der Waals surface area contributed by atoms with Gasteiger partial charge in [-0.15, -0.1) is 0 Å². The van der Waals surface area contributed by atoms with Gasteiger partial charge in [-0.05, 0) is 159 Å². The van der Waals surface area contributed by atoms with Crippen LogP contribution in [0.4, 0.5) is 0 Å². The lowest BCUT2D eigenvalue weighted by Crippen LogP contribution is -2.15. The summed E-state index contributed by atoms with van der Waals surface area (Å²) >= 11 is 0. The molecule has 0 bridgehead atoms. The second kappa shape index (κ2) is 19.0. The second-order valence-electron chi connectivity index (χ2n) is 24.7. The molecule has 0 N–H and O–H groups in total. The van der Waals surface area contributed by atoms with Crippen molar-refractivity contribution in [3.63, 3.8) is 0 Å². The maximum atomic E-state index is 2.59. The van der Waals surface area contributed by atoms with Crippen LogP contribution in [0.15, 0.2) is 291 Å². The van der Waals surface area contributed by atoms with Gasteiger partial charge in [-0.1, -0.05) is 270 Å². The number of hydrogen-bond donors (Lipinski definition) is 0. The molecule has 15 aromatic rings. The zero-order valence-electron chi connectivity index (χ0n) is 48.6. The maximum Gasteiger partial charge on any atom is 0.0619 e. The summed E-state index contributed by atoms with van der Waals surface area (Å²) in [6, 6.07) is 109. The summed E-state index contributed by atoms with van der Waals surface area (Å²) in [5.41, 5.74) is 29.1. The first-order valence-corrected chi connectivity index (χ1v) is 30.2. The SMILES string of the molecule is CC1(C)c2ccccc2-c2ccc(-n3c(-c4ccccc4)c(-c4ccccc4)c4cc5c(-c6ccccc6)c6cc7c(cc6c(-c6ccccc6)c5cc43)c(-c3ccccc3)c(-c3ccccc3)n7-c3ccc4c(c3)C(C)(C)c3ccccc3-4)cc21. The van der Waals surface area contributed by atoms with Crippen LogP contribution in [0.3, 0.4) is 0 Å². The summed E-state index contributed by atoms with van der Waals surface area (Å²) < 4.78 is 5.18. The molecule has 0 spiro atoms. The quantitative estimate of drug-likeness (QED) is 0.134. The van der Waals surface area contributed by atoms with Crippen molar-refractivity contribution in [1.82, 2.24) is 9.13 Å². The van der Waals surface area contributed by atoms with E-state index >= 15 is 0 Å². The van der Waals surface area contributed by atoms with Gasteiger partial charge in [-0.2, -0.15) is 0 Å². The van der Waals surface area contributed by atoms with Crippen molar-refractivity contribution in [1.29, 1.82) is 0 Å². The Labute approximate surface area is 502 Å². The molecule has 0 saturated carbocycles. The molecule has 2 nitrogen and oxygen atoms in total. The number of nitrogens with zero attached hydrogens (tertiary/aromatic N) is 2. The minimum absolute atomic E-state index is 0.191. The fourth-order valence-corrected chi connectivity index (χ4v) is 15.3. The summed E-state index contributed by atoms with van der Waals surface area (Å²) in [6.45, 7) is 9.56. The predicted molar refractivity (Wildman–Crippen MR) is 363 cm³/mol. The van der Waals surface area contributed by atoms with Crippen LogP contribution in [0.1, 0.15) is 49.9 Å². The van der Waals surface area contributed by atoms with Crippen molar-refractivity contribution in [2.45, 2.75) is 38.5 Å². The highest BCUT2D eigenvalue weighted by Gasteiger charge is 2.38. The lowest BCUT2D eigenvalue weighted by molar-refractivity contribution is 0.659. The Balaban J connectivity index is 1.06. The van der Waals surface area contributed by atoms with Crippen LogP contribution < -0.4 is 0 Å². The lowest BCUT2D eigenvalue weighted by Gasteiger charge is -2.23. The van der Waals surface area contributed by atoms with Gasteiger partial charge in [-0.25, -0.2) is 0 Å². The average Bonchev–Trinajstić information content (AvgIpc) is 1.56. The van der Waals surface area contributed by atoms with Gasteiger partial charge in [0, 0.05) is 44.1 Å². The first kappa shape index (κ1) is 50.0. The number of benzene rings is 13. The van der Waals surface area contributed by atoms with Gasteiger partial charge < -0.3 is 9.13 Å². The Morgan fingerprint density at radius 3 is 0.849 bits per heavy atom. The zero-order valence-corrected chi connectivity index (χ0v) is 48.6. The van der Waals surface area contributed by atoms with Crippen LogP contribution in [0, 0.1) is 0 Å². The molecule has 0 amide bonds. The van der Waals surface area contributed by atoms with E-state index in [1.165, 1.54) is 133 Å². The summed E-state index contributed by atoms with van der Waals surface area (Å²) in [4.78, 5) is 0. The third kappa shape index (κ3) is 7.33. The number of fused-ring (bicyclic) bond motifs is 10. The molecule has 406 valence electrons. The molecule has 86 heavy (non-hydrogen) atoms. The predicted octanol–water partition coefficient (Wildman–Crippen LogP) is 22.5. The molecule has 0 aliphatic heterocycles. The van der Waals surface area contributed by atoms with Crippen LogP contribution in [-0.2, 0) is 10.8 Å². The Hall–Kier alpha value is -10.5. The van der Waals surface area contributed by atoms with Gasteiger partial charge in [0.2, 0.25) is 0 Å². The molecule has 13 aromatic carbocycles. The third-order valence-electron chi connectivity index (χ3n) is 19.3. The third-order valence-corrected chi connectivity index (χ3v) is 19.3. The van der Waals surface area contributed by atoms with Gasteiger partial charge in [0.25, 0.3) is 0 Å². The standard InChI is InChI=1S/C84H60N2/c1-83(2)71-41-25-23-39-61(71)63-45-43-59(47-73(63)83)85-75-51-67-65(49-69(75)79(55-31-15-7-16-32-55)81(85)57-35-19-9-20-36-57)78(54-29-13-6-14-30-54)68-52-76-70(50-66(68)77(67)53-27-11-5-12-28-53)80(56-33-17-8-18-34-56)82(58-37-21-10-22-38-58)86(76)60-44-46-64-62-40-24-26-42-72(62)84(3,4)74(64)48-60/h5-52H,1-4H3. The van der Waals surface area contributed by atoms with Crippen molar-refractivity contribution in [3.8, 4) is 101 Å². The lowest BCUT2D eigenvalue weighted by atomic mass is 9.82. The Kier molecular flexibility index (Phi) is 11.0.